The second-order valence-corrected chi connectivity index (χ2v) is 3.96. The molecule has 0 unspecified atom stereocenters. The summed E-state index contributed by atoms with van der Waals surface area (Å²) in [4.78, 5) is 23.3. The number of hydrogen-bond donors (Lipinski definition) is 2. The van der Waals surface area contributed by atoms with Gasteiger partial charge in [-0.05, 0) is 26.0 Å². The van der Waals surface area contributed by atoms with Gasteiger partial charge in [-0.15, -0.1) is 0 Å². The molecule has 0 fully saturated rings. The summed E-state index contributed by atoms with van der Waals surface area (Å²) in [5.74, 6) is -0.282. The molecule has 0 radical (unpaired) electrons. The average molecular weight is 280 g/mol. The van der Waals surface area contributed by atoms with Crippen LogP contribution in [0.1, 0.15) is 30.6 Å². The molecule has 0 aliphatic heterocycles. The number of benzene rings is 1. The molecule has 1 amide bonds. The fourth-order valence-electron chi connectivity index (χ4n) is 1.67. The van der Waals surface area contributed by atoms with Crippen molar-refractivity contribution in [3.63, 3.8) is 0 Å². The lowest BCUT2D eigenvalue weighted by Crippen LogP contribution is -2.27. The lowest BCUT2D eigenvalue weighted by Gasteiger charge is -2.12. The summed E-state index contributed by atoms with van der Waals surface area (Å²) in [6.45, 7) is 4.51. The molecule has 0 saturated carbocycles. The van der Waals surface area contributed by atoms with Gasteiger partial charge < -0.3 is 20.5 Å². The number of nitrogen functional groups attached to an aromatic ring is 1. The molecular weight excluding hydrogens is 260 g/mol. The second-order valence-electron chi connectivity index (χ2n) is 3.96. The van der Waals surface area contributed by atoms with Gasteiger partial charge in [-0.1, -0.05) is 6.07 Å². The molecule has 0 spiro atoms. The summed E-state index contributed by atoms with van der Waals surface area (Å²) < 4.78 is 10.1. The fraction of sp³-hybridized carbons (Fsp3) is 0.429. The number of amides is 1. The molecule has 0 atom stereocenters. The predicted molar refractivity (Wildman–Crippen MR) is 75.6 cm³/mol. The van der Waals surface area contributed by atoms with Crippen LogP contribution in [0.25, 0.3) is 0 Å². The molecule has 0 aliphatic rings. The van der Waals surface area contributed by atoms with E-state index in [9.17, 15) is 9.59 Å². The minimum atomic E-state index is -0.365. The van der Waals surface area contributed by atoms with Crippen LogP contribution in [0.15, 0.2) is 18.2 Å². The Hall–Kier alpha value is -2.24. The quantitative estimate of drug-likeness (QED) is 0.581. The van der Waals surface area contributed by atoms with Gasteiger partial charge in [0.1, 0.15) is 11.3 Å². The monoisotopic (exact) mass is 280 g/mol. The molecule has 1 aromatic carbocycles. The first-order chi connectivity index (χ1) is 9.60. The molecule has 6 nitrogen and oxygen atoms in total. The van der Waals surface area contributed by atoms with Crippen LogP contribution in [-0.4, -0.2) is 31.6 Å². The van der Waals surface area contributed by atoms with Crippen LogP contribution in [0.3, 0.4) is 0 Å². The number of nitrogens with one attached hydrogen (secondary N) is 1. The lowest BCUT2D eigenvalue weighted by molar-refractivity contribution is -0.142. The van der Waals surface area contributed by atoms with E-state index in [4.69, 9.17) is 15.2 Å². The van der Waals surface area contributed by atoms with Crippen molar-refractivity contribution in [1.29, 1.82) is 0 Å². The maximum Gasteiger partial charge on any atom is 0.307 e. The third kappa shape index (κ3) is 4.46. The number of esters is 1. The van der Waals surface area contributed by atoms with Gasteiger partial charge in [0.25, 0.3) is 5.91 Å². The van der Waals surface area contributed by atoms with E-state index in [1.807, 2.05) is 6.92 Å². The Kier molecular flexibility index (Phi) is 6.36. The van der Waals surface area contributed by atoms with Crippen LogP contribution < -0.4 is 15.8 Å². The molecule has 1 rings (SSSR count). The zero-order valence-corrected chi connectivity index (χ0v) is 11.8. The van der Waals surface area contributed by atoms with Gasteiger partial charge in [0, 0.05) is 12.2 Å². The largest absolute Gasteiger partial charge is 0.493 e. The molecule has 0 aromatic heterocycles. The normalized spacial score (nSPS) is 9.90. The van der Waals surface area contributed by atoms with Crippen LogP contribution in [-0.2, 0) is 9.53 Å². The molecule has 0 saturated heterocycles. The van der Waals surface area contributed by atoms with Crippen molar-refractivity contribution < 1.29 is 19.1 Å². The van der Waals surface area contributed by atoms with E-state index in [-0.39, 0.29) is 24.8 Å². The molecule has 20 heavy (non-hydrogen) atoms. The highest BCUT2D eigenvalue weighted by atomic mass is 16.5. The highest BCUT2D eigenvalue weighted by Gasteiger charge is 2.16. The zero-order chi connectivity index (χ0) is 15.0. The molecule has 110 valence electrons. The van der Waals surface area contributed by atoms with Gasteiger partial charge >= 0.3 is 5.97 Å². The molecule has 6 heteroatoms. The Labute approximate surface area is 118 Å². The number of nitrogens with two attached hydrogens (primary N) is 1. The second kappa shape index (κ2) is 8.04. The van der Waals surface area contributed by atoms with Crippen molar-refractivity contribution in [2.24, 2.45) is 0 Å². The van der Waals surface area contributed by atoms with E-state index in [0.29, 0.717) is 30.2 Å². The summed E-state index contributed by atoms with van der Waals surface area (Å²) in [5, 5.41) is 2.63. The number of rotatable bonds is 7. The first-order valence-electron chi connectivity index (χ1n) is 6.55. The summed E-state index contributed by atoms with van der Waals surface area (Å²) >= 11 is 0. The van der Waals surface area contributed by atoms with Crippen LogP contribution in [0.4, 0.5) is 5.69 Å². The third-order valence-corrected chi connectivity index (χ3v) is 2.51. The summed E-state index contributed by atoms with van der Waals surface area (Å²) in [6.07, 6.45) is 0.121. The van der Waals surface area contributed by atoms with Gasteiger partial charge in [-0.2, -0.15) is 0 Å². The lowest BCUT2D eigenvalue weighted by atomic mass is 10.1. The molecule has 0 bridgehead atoms. The van der Waals surface area contributed by atoms with Gasteiger partial charge in [0.2, 0.25) is 0 Å². The number of anilines is 1. The van der Waals surface area contributed by atoms with E-state index in [1.165, 1.54) is 0 Å². The fourth-order valence-corrected chi connectivity index (χ4v) is 1.67. The van der Waals surface area contributed by atoms with E-state index < -0.39 is 0 Å². The molecular formula is C14H20N2O4. The summed E-state index contributed by atoms with van der Waals surface area (Å²) in [6, 6.07) is 5.03. The number of carbonyl (C=O) groups is 2. The van der Waals surface area contributed by atoms with Crippen LogP contribution >= 0.6 is 0 Å². The smallest absolute Gasteiger partial charge is 0.307 e. The van der Waals surface area contributed by atoms with Crippen molar-refractivity contribution in [1.82, 2.24) is 5.32 Å². The van der Waals surface area contributed by atoms with Crippen LogP contribution in [0.5, 0.6) is 5.75 Å². The third-order valence-electron chi connectivity index (χ3n) is 2.51. The highest BCUT2D eigenvalue weighted by molar-refractivity contribution is 6.01. The SMILES string of the molecule is CCOC(=O)CCNC(=O)c1c(N)cccc1OCC. The van der Waals surface area contributed by atoms with Gasteiger partial charge in [0.05, 0.1) is 19.6 Å². The van der Waals surface area contributed by atoms with Crippen molar-refractivity contribution in [2.75, 3.05) is 25.5 Å². The maximum absolute atomic E-state index is 12.1. The highest BCUT2D eigenvalue weighted by Crippen LogP contribution is 2.24. The minimum Gasteiger partial charge on any atom is -0.493 e. The van der Waals surface area contributed by atoms with Crippen molar-refractivity contribution in [2.45, 2.75) is 20.3 Å². The number of ether oxygens (including phenoxy) is 2. The Morgan fingerprint density at radius 1 is 1.25 bits per heavy atom. The molecule has 3 N–H and O–H groups in total. The number of carbonyl (C=O) groups excluding carboxylic acids is 2. The van der Waals surface area contributed by atoms with Gasteiger partial charge in [-0.25, -0.2) is 0 Å². The molecule has 0 aliphatic carbocycles. The minimum absolute atomic E-state index is 0.121. The Morgan fingerprint density at radius 2 is 2.00 bits per heavy atom. The standard InChI is InChI=1S/C14H20N2O4/c1-3-19-11-7-5-6-10(15)13(11)14(18)16-9-8-12(17)20-4-2/h5-7H,3-4,8-9,15H2,1-2H3,(H,16,18). The molecule has 0 heterocycles. The number of hydrogen-bond acceptors (Lipinski definition) is 5. The van der Waals surface area contributed by atoms with Gasteiger partial charge in [-0.3, -0.25) is 9.59 Å². The zero-order valence-electron chi connectivity index (χ0n) is 11.8. The average Bonchev–Trinajstić information content (AvgIpc) is 2.39. The van der Waals surface area contributed by atoms with Crippen LogP contribution in [0.2, 0.25) is 0 Å². The summed E-state index contributed by atoms with van der Waals surface area (Å²) in [7, 11) is 0. The first-order valence-corrected chi connectivity index (χ1v) is 6.55. The van der Waals surface area contributed by atoms with Gasteiger partial charge in [0.15, 0.2) is 0 Å². The van der Waals surface area contributed by atoms with E-state index in [2.05, 4.69) is 5.32 Å². The summed E-state index contributed by atoms with van der Waals surface area (Å²) in [5.41, 5.74) is 6.43. The Morgan fingerprint density at radius 3 is 2.65 bits per heavy atom. The maximum atomic E-state index is 12.1. The van der Waals surface area contributed by atoms with Crippen molar-refractivity contribution >= 4 is 17.6 Å². The topological polar surface area (TPSA) is 90.7 Å². The van der Waals surface area contributed by atoms with E-state index >= 15 is 0 Å². The Bertz CT molecular complexity index is 474. The first kappa shape index (κ1) is 15.8. The molecule has 1 aromatic rings. The van der Waals surface area contributed by atoms with Crippen molar-refractivity contribution in [3.8, 4) is 5.75 Å². The van der Waals surface area contributed by atoms with Crippen LogP contribution in [0, 0.1) is 0 Å². The Balaban J connectivity index is 2.65. The van der Waals surface area contributed by atoms with E-state index in [1.54, 1.807) is 25.1 Å². The van der Waals surface area contributed by atoms with E-state index in [0.717, 1.165) is 0 Å². The predicted octanol–water partition coefficient (Wildman–Crippen LogP) is 1.35. The van der Waals surface area contributed by atoms with Crippen molar-refractivity contribution in [3.05, 3.63) is 23.8 Å².